The Hall–Kier alpha value is -3.85. The molecule has 1 fully saturated rings. The number of ether oxygens (including phenoxy) is 1. The molecule has 2 amide bonds. The van der Waals surface area contributed by atoms with E-state index in [1.807, 2.05) is 19.0 Å². The van der Waals surface area contributed by atoms with Gasteiger partial charge in [0.2, 0.25) is 11.9 Å². The Labute approximate surface area is 185 Å². The number of anilines is 1. The van der Waals surface area contributed by atoms with E-state index in [4.69, 9.17) is 15.5 Å². The number of carbonyl (C=O) groups is 2. The summed E-state index contributed by atoms with van der Waals surface area (Å²) in [5, 5.41) is 0. The van der Waals surface area contributed by atoms with Crippen LogP contribution in [0, 0.1) is 0 Å². The summed E-state index contributed by atoms with van der Waals surface area (Å²) in [5.74, 6) is -0.0994. The number of nitrogens with zero attached hydrogens (tertiary/aromatic N) is 5. The number of benzene rings is 1. The van der Waals surface area contributed by atoms with Crippen LogP contribution < -0.4 is 10.6 Å². The van der Waals surface area contributed by atoms with Crippen molar-refractivity contribution in [2.45, 2.75) is 6.10 Å². The highest BCUT2D eigenvalue weighted by molar-refractivity contribution is 5.93. The largest absolute Gasteiger partial charge is 0.368 e. The Morgan fingerprint density at radius 2 is 1.91 bits per heavy atom. The first-order valence-electron chi connectivity index (χ1n) is 10.2. The van der Waals surface area contributed by atoms with Gasteiger partial charge in [-0.25, -0.2) is 9.97 Å². The van der Waals surface area contributed by atoms with Crippen LogP contribution in [0.15, 0.2) is 54.9 Å². The Bertz CT molecular complexity index is 1120. The average Bonchev–Trinajstić information content (AvgIpc) is 2.84. The molecule has 0 radical (unpaired) electrons. The van der Waals surface area contributed by atoms with Crippen molar-refractivity contribution in [1.82, 2.24) is 19.9 Å². The molecule has 0 saturated carbocycles. The van der Waals surface area contributed by atoms with Gasteiger partial charge in [-0.3, -0.25) is 14.6 Å². The van der Waals surface area contributed by atoms with Crippen molar-refractivity contribution in [1.29, 1.82) is 0 Å². The van der Waals surface area contributed by atoms with Crippen molar-refractivity contribution in [3.05, 3.63) is 71.8 Å². The second-order valence-electron chi connectivity index (χ2n) is 7.63. The van der Waals surface area contributed by atoms with E-state index in [1.54, 1.807) is 59.8 Å². The Kier molecular flexibility index (Phi) is 6.09. The lowest BCUT2D eigenvalue weighted by Crippen LogP contribution is -2.43. The van der Waals surface area contributed by atoms with Crippen LogP contribution in [0.2, 0.25) is 0 Å². The predicted molar refractivity (Wildman–Crippen MR) is 119 cm³/mol. The van der Waals surface area contributed by atoms with Crippen LogP contribution in [0.4, 0.5) is 5.95 Å². The molecule has 0 spiro atoms. The van der Waals surface area contributed by atoms with E-state index in [-0.39, 0.29) is 5.91 Å². The van der Waals surface area contributed by atoms with Gasteiger partial charge in [-0.15, -0.1) is 0 Å². The third-order valence-electron chi connectivity index (χ3n) is 5.23. The first-order chi connectivity index (χ1) is 15.4. The predicted octanol–water partition coefficient (Wildman–Crippen LogP) is 1.92. The van der Waals surface area contributed by atoms with Crippen molar-refractivity contribution in [2.24, 2.45) is 5.73 Å². The number of pyridine rings is 1. The molecule has 0 bridgehead atoms. The van der Waals surface area contributed by atoms with Crippen LogP contribution in [-0.2, 0) is 4.74 Å². The maximum absolute atomic E-state index is 12.9. The zero-order chi connectivity index (χ0) is 22.7. The number of amides is 2. The summed E-state index contributed by atoms with van der Waals surface area (Å²) in [6, 6.07) is 12.2. The van der Waals surface area contributed by atoms with Crippen molar-refractivity contribution < 1.29 is 14.3 Å². The molecule has 1 saturated heterocycles. The highest BCUT2D eigenvalue weighted by Gasteiger charge is 2.30. The molecular formula is C23H24N6O3. The summed E-state index contributed by atoms with van der Waals surface area (Å²) in [5.41, 5.74) is 8.44. The van der Waals surface area contributed by atoms with E-state index in [2.05, 4.69) is 9.97 Å². The minimum absolute atomic E-state index is 0.145. The smallest absolute Gasteiger partial charge is 0.272 e. The first kappa shape index (κ1) is 21.4. The third-order valence-corrected chi connectivity index (χ3v) is 5.23. The molecule has 1 atom stereocenters. The molecule has 1 aliphatic heterocycles. The van der Waals surface area contributed by atoms with Crippen LogP contribution in [-0.4, -0.2) is 65.5 Å². The minimum atomic E-state index is -0.490. The van der Waals surface area contributed by atoms with Gasteiger partial charge in [0.15, 0.2) is 0 Å². The summed E-state index contributed by atoms with van der Waals surface area (Å²) < 4.78 is 6.04. The topological polar surface area (TPSA) is 115 Å². The van der Waals surface area contributed by atoms with Crippen molar-refractivity contribution in [3.63, 3.8) is 0 Å². The number of aromatic nitrogens is 3. The van der Waals surface area contributed by atoms with Crippen molar-refractivity contribution in [3.8, 4) is 11.1 Å². The molecule has 0 aliphatic carbocycles. The summed E-state index contributed by atoms with van der Waals surface area (Å²) >= 11 is 0. The molecule has 2 aromatic heterocycles. The molecule has 2 N–H and O–H groups in total. The third kappa shape index (κ3) is 4.42. The van der Waals surface area contributed by atoms with Gasteiger partial charge in [0.25, 0.3) is 5.91 Å². The molecular weight excluding hydrogens is 408 g/mol. The number of morpholine rings is 1. The van der Waals surface area contributed by atoms with E-state index in [1.165, 1.54) is 0 Å². The van der Waals surface area contributed by atoms with Gasteiger partial charge in [0.05, 0.1) is 18.8 Å². The van der Waals surface area contributed by atoms with E-state index in [9.17, 15) is 9.59 Å². The molecule has 3 aromatic rings. The lowest BCUT2D eigenvalue weighted by Gasteiger charge is -2.33. The number of nitrogens with two attached hydrogens (primary N) is 1. The maximum Gasteiger partial charge on any atom is 0.272 e. The zero-order valence-electron chi connectivity index (χ0n) is 17.9. The fourth-order valence-electron chi connectivity index (χ4n) is 3.53. The number of hydrogen-bond acceptors (Lipinski definition) is 7. The number of carbonyl (C=O) groups excluding carboxylic acids is 2. The molecule has 1 aromatic carbocycles. The number of rotatable bonds is 5. The fourth-order valence-corrected chi connectivity index (χ4v) is 3.53. The first-order valence-corrected chi connectivity index (χ1v) is 10.2. The summed E-state index contributed by atoms with van der Waals surface area (Å²) in [4.78, 5) is 41.3. The van der Waals surface area contributed by atoms with E-state index in [0.29, 0.717) is 42.6 Å². The van der Waals surface area contributed by atoms with Crippen LogP contribution in [0.25, 0.3) is 11.1 Å². The highest BCUT2D eigenvalue weighted by Crippen LogP contribution is 2.32. The fraction of sp³-hybridized carbons (Fsp3) is 0.261. The maximum atomic E-state index is 12.9. The normalized spacial score (nSPS) is 15.9. The molecule has 9 nitrogen and oxygen atoms in total. The Morgan fingerprint density at radius 1 is 1.12 bits per heavy atom. The highest BCUT2D eigenvalue weighted by atomic mass is 16.5. The van der Waals surface area contributed by atoms with Crippen molar-refractivity contribution >= 4 is 17.8 Å². The second kappa shape index (κ2) is 9.11. The van der Waals surface area contributed by atoms with Gasteiger partial charge in [-0.2, -0.15) is 0 Å². The molecule has 164 valence electrons. The lowest BCUT2D eigenvalue weighted by atomic mass is 10.00. The van der Waals surface area contributed by atoms with Gasteiger partial charge in [0.1, 0.15) is 11.8 Å². The van der Waals surface area contributed by atoms with E-state index < -0.39 is 12.0 Å². The summed E-state index contributed by atoms with van der Waals surface area (Å²) in [6.45, 7) is 1.19. The van der Waals surface area contributed by atoms with Gasteiger partial charge in [-0.05, 0) is 29.8 Å². The standard InChI is InChI=1S/C23H24N6O3/c1-28(2)23-26-13-17(15-6-8-16(9-7-15)21(24)30)20(27-23)19-14-29(11-12-32-19)22(31)18-5-3-4-10-25-18/h3-10,13,19H,11-12,14H2,1-2H3,(H2,24,30)/t19-/m0/s1. The van der Waals surface area contributed by atoms with E-state index >= 15 is 0 Å². The Morgan fingerprint density at radius 3 is 2.56 bits per heavy atom. The van der Waals surface area contributed by atoms with Gasteiger partial charge >= 0.3 is 0 Å². The molecule has 9 heteroatoms. The van der Waals surface area contributed by atoms with Crippen molar-refractivity contribution in [2.75, 3.05) is 38.7 Å². The Balaban J connectivity index is 1.68. The summed E-state index contributed by atoms with van der Waals surface area (Å²) in [6.07, 6.45) is 2.90. The second-order valence-corrected chi connectivity index (χ2v) is 7.63. The van der Waals surface area contributed by atoms with Gasteiger partial charge in [-0.1, -0.05) is 18.2 Å². The molecule has 1 aliphatic rings. The number of hydrogen-bond donors (Lipinski definition) is 1. The molecule has 32 heavy (non-hydrogen) atoms. The molecule has 4 rings (SSSR count). The van der Waals surface area contributed by atoms with Gasteiger partial charge < -0.3 is 20.3 Å². The zero-order valence-corrected chi connectivity index (χ0v) is 17.9. The van der Waals surface area contributed by atoms with Crippen LogP contribution in [0.1, 0.15) is 32.6 Å². The average molecular weight is 432 g/mol. The quantitative estimate of drug-likeness (QED) is 0.655. The van der Waals surface area contributed by atoms with Gasteiger partial charge in [0, 0.05) is 44.2 Å². The van der Waals surface area contributed by atoms with Crippen LogP contribution in [0.3, 0.4) is 0 Å². The number of primary amides is 1. The molecule has 3 heterocycles. The van der Waals surface area contributed by atoms with Crippen LogP contribution in [0.5, 0.6) is 0 Å². The monoisotopic (exact) mass is 432 g/mol. The van der Waals surface area contributed by atoms with E-state index in [0.717, 1.165) is 11.1 Å². The van der Waals surface area contributed by atoms with Crippen LogP contribution >= 0.6 is 0 Å². The lowest BCUT2D eigenvalue weighted by molar-refractivity contribution is -0.0246. The molecule has 0 unspecified atom stereocenters. The summed E-state index contributed by atoms with van der Waals surface area (Å²) in [7, 11) is 3.72. The SMILES string of the molecule is CN(C)c1ncc(-c2ccc(C(N)=O)cc2)c([C@@H]2CN(C(=O)c3ccccn3)CCO2)n1. The minimum Gasteiger partial charge on any atom is -0.368 e.